The van der Waals surface area contributed by atoms with Gasteiger partial charge in [0.05, 0.1) is 17.2 Å². The summed E-state index contributed by atoms with van der Waals surface area (Å²) in [5, 5.41) is 7.49. The number of nitrogens with one attached hydrogen (secondary N) is 1. The molecular formula is C15H26N4S2. The van der Waals surface area contributed by atoms with Crippen molar-refractivity contribution in [1.29, 1.82) is 0 Å². The average Bonchev–Trinajstić information content (AvgIpc) is 2.99. The lowest BCUT2D eigenvalue weighted by Crippen LogP contribution is -2.48. The summed E-state index contributed by atoms with van der Waals surface area (Å²) in [5.41, 5.74) is 1.09. The van der Waals surface area contributed by atoms with Crippen LogP contribution in [-0.2, 0) is 13.0 Å². The van der Waals surface area contributed by atoms with Gasteiger partial charge < -0.3 is 10.2 Å². The molecule has 1 unspecified atom stereocenters. The van der Waals surface area contributed by atoms with Gasteiger partial charge in [-0.3, -0.25) is 0 Å². The van der Waals surface area contributed by atoms with Crippen LogP contribution >= 0.6 is 23.1 Å². The monoisotopic (exact) mass is 326 g/mol. The van der Waals surface area contributed by atoms with Crippen molar-refractivity contribution >= 4 is 29.1 Å². The first-order valence-electron chi connectivity index (χ1n) is 7.84. The molecule has 1 aromatic heterocycles. The zero-order chi connectivity index (χ0) is 15.1. The van der Waals surface area contributed by atoms with Crippen LogP contribution in [0.5, 0.6) is 0 Å². The number of thioether (sulfide) groups is 1. The average molecular weight is 327 g/mol. The molecule has 0 amide bonds. The zero-order valence-corrected chi connectivity index (χ0v) is 14.9. The fourth-order valence-corrected chi connectivity index (χ4v) is 4.24. The Kier molecular flexibility index (Phi) is 6.83. The standard InChI is InChI=1S/C15H26N4S2/c1-4-13-10-19(7-8-20-13)15(16-6-3)17-9-12-11-21-14(5-2)18-12/h11,13H,4-10H2,1-3H3,(H,16,17). The number of nitrogens with zero attached hydrogens (tertiary/aromatic N) is 3. The minimum atomic E-state index is 0.680. The highest BCUT2D eigenvalue weighted by Crippen LogP contribution is 2.21. The van der Waals surface area contributed by atoms with Crippen molar-refractivity contribution in [2.24, 2.45) is 4.99 Å². The molecule has 2 heterocycles. The van der Waals surface area contributed by atoms with Crippen molar-refractivity contribution in [3.63, 3.8) is 0 Å². The first-order valence-corrected chi connectivity index (χ1v) is 9.77. The van der Waals surface area contributed by atoms with Gasteiger partial charge in [-0.15, -0.1) is 11.3 Å². The molecule has 1 saturated heterocycles. The first-order chi connectivity index (χ1) is 10.3. The summed E-state index contributed by atoms with van der Waals surface area (Å²) in [4.78, 5) is 11.8. The van der Waals surface area contributed by atoms with Crippen LogP contribution in [0.25, 0.3) is 0 Å². The van der Waals surface area contributed by atoms with Crippen LogP contribution in [0.2, 0.25) is 0 Å². The number of aryl methyl sites for hydroxylation is 1. The second kappa shape index (κ2) is 8.63. The highest BCUT2D eigenvalue weighted by molar-refractivity contribution is 8.00. The lowest BCUT2D eigenvalue weighted by Gasteiger charge is -2.34. The molecule has 6 heteroatoms. The molecule has 1 atom stereocenters. The molecule has 0 bridgehead atoms. The quantitative estimate of drug-likeness (QED) is 0.667. The number of hydrogen-bond donors (Lipinski definition) is 1. The molecule has 1 aliphatic heterocycles. The number of aromatic nitrogens is 1. The molecule has 0 spiro atoms. The first kappa shape index (κ1) is 16.6. The molecule has 2 rings (SSSR count). The Bertz CT molecular complexity index is 458. The number of hydrogen-bond acceptors (Lipinski definition) is 4. The van der Waals surface area contributed by atoms with E-state index in [2.05, 4.69) is 53.1 Å². The van der Waals surface area contributed by atoms with Gasteiger partial charge in [0, 0.05) is 36.0 Å². The van der Waals surface area contributed by atoms with E-state index in [0.29, 0.717) is 6.54 Å². The number of rotatable bonds is 5. The lowest BCUT2D eigenvalue weighted by molar-refractivity contribution is 0.408. The maximum Gasteiger partial charge on any atom is 0.194 e. The number of aliphatic imine (C=N–C) groups is 1. The van der Waals surface area contributed by atoms with E-state index >= 15 is 0 Å². The smallest absolute Gasteiger partial charge is 0.194 e. The van der Waals surface area contributed by atoms with E-state index in [0.717, 1.165) is 43.0 Å². The molecule has 1 N–H and O–H groups in total. The van der Waals surface area contributed by atoms with Crippen LogP contribution in [0.1, 0.15) is 37.9 Å². The van der Waals surface area contributed by atoms with Gasteiger partial charge in [0.15, 0.2) is 5.96 Å². The summed E-state index contributed by atoms with van der Waals surface area (Å²) in [7, 11) is 0. The van der Waals surface area contributed by atoms with E-state index in [4.69, 9.17) is 4.99 Å². The molecule has 118 valence electrons. The molecule has 21 heavy (non-hydrogen) atoms. The van der Waals surface area contributed by atoms with Gasteiger partial charge in [0.1, 0.15) is 0 Å². The molecule has 0 radical (unpaired) electrons. The molecule has 1 fully saturated rings. The van der Waals surface area contributed by atoms with Crippen molar-refractivity contribution < 1.29 is 0 Å². The molecule has 4 nitrogen and oxygen atoms in total. The van der Waals surface area contributed by atoms with E-state index in [1.54, 1.807) is 11.3 Å². The highest BCUT2D eigenvalue weighted by atomic mass is 32.2. The number of thiazole rings is 1. The van der Waals surface area contributed by atoms with Crippen molar-refractivity contribution in [2.75, 3.05) is 25.4 Å². The Balaban J connectivity index is 2.01. The normalized spacial score (nSPS) is 19.9. The largest absolute Gasteiger partial charge is 0.357 e. The summed E-state index contributed by atoms with van der Waals surface area (Å²) >= 11 is 3.82. The van der Waals surface area contributed by atoms with Crippen LogP contribution < -0.4 is 5.32 Å². The van der Waals surface area contributed by atoms with E-state index in [1.807, 2.05) is 0 Å². The summed E-state index contributed by atoms with van der Waals surface area (Å²) in [6, 6.07) is 0. The molecule has 1 aromatic rings. The van der Waals surface area contributed by atoms with Gasteiger partial charge in [-0.05, 0) is 19.8 Å². The minimum absolute atomic E-state index is 0.680. The third-order valence-corrected chi connectivity index (χ3v) is 5.94. The molecule has 0 aliphatic carbocycles. The fraction of sp³-hybridized carbons (Fsp3) is 0.733. The maximum absolute atomic E-state index is 4.79. The van der Waals surface area contributed by atoms with Crippen LogP contribution in [0.4, 0.5) is 0 Å². The van der Waals surface area contributed by atoms with E-state index in [9.17, 15) is 0 Å². The fourth-order valence-electron chi connectivity index (χ4n) is 2.32. The van der Waals surface area contributed by atoms with Gasteiger partial charge in [-0.2, -0.15) is 11.8 Å². The maximum atomic E-state index is 4.79. The second-order valence-electron chi connectivity index (χ2n) is 5.10. The second-order valence-corrected chi connectivity index (χ2v) is 7.45. The number of guanidine groups is 1. The summed E-state index contributed by atoms with van der Waals surface area (Å²) < 4.78 is 0. The Morgan fingerprint density at radius 2 is 2.33 bits per heavy atom. The molecular weight excluding hydrogens is 300 g/mol. The van der Waals surface area contributed by atoms with Gasteiger partial charge in [0.25, 0.3) is 0 Å². The van der Waals surface area contributed by atoms with Crippen molar-refractivity contribution in [3.05, 3.63) is 16.1 Å². The van der Waals surface area contributed by atoms with Crippen molar-refractivity contribution in [3.8, 4) is 0 Å². The van der Waals surface area contributed by atoms with Crippen molar-refractivity contribution in [2.45, 2.75) is 45.4 Å². The topological polar surface area (TPSA) is 40.5 Å². The van der Waals surface area contributed by atoms with Crippen LogP contribution in [-0.4, -0.2) is 46.5 Å². The Labute approximate surface area is 136 Å². The Hall–Kier alpha value is -0.750. The van der Waals surface area contributed by atoms with Crippen LogP contribution in [0.3, 0.4) is 0 Å². The Morgan fingerprint density at radius 1 is 1.48 bits per heavy atom. The zero-order valence-electron chi connectivity index (χ0n) is 13.3. The minimum Gasteiger partial charge on any atom is -0.357 e. The van der Waals surface area contributed by atoms with Gasteiger partial charge in [-0.25, -0.2) is 9.98 Å². The summed E-state index contributed by atoms with van der Waals surface area (Å²) in [5.74, 6) is 2.24. The van der Waals surface area contributed by atoms with Crippen LogP contribution in [0.15, 0.2) is 10.4 Å². The predicted molar refractivity (Wildman–Crippen MR) is 94.4 cm³/mol. The summed E-state index contributed by atoms with van der Waals surface area (Å²) in [6.07, 6.45) is 2.24. The molecule has 0 aromatic carbocycles. The molecule has 0 saturated carbocycles. The highest BCUT2D eigenvalue weighted by Gasteiger charge is 2.21. The molecule has 1 aliphatic rings. The lowest BCUT2D eigenvalue weighted by atomic mass is 10.3. The van der Waals surface area contributed by atoms with Gasteiger partial charge in [-0.1, -0.05) is 13.8 Å². The van der Waals surface area contributed by atoms with Crippen LogP contribution in [0, 0.1) is 0 Å². The third kappa shape index (κ3) is 4.88. The van der Waals surface area contributed by atoms with E-state index in [-0.39, 0.29) is 0 Å². The van der Waals surface area contributed by atoms with Gasteiger partial charge >= 0.3 is 0 Å². The summed E-state index contributed by atoms with van der Waals surface area (Å²) in [6.45, 7) is 10.3. The van der Waals surface area contributed by atoms with E-state index in [1.165, 1.54) is 17.2 Å². The van der Waals surface area contributed by atoms with Crippen molar-refractivity contribution in [1.82, 2.24) is 15.2 Å². The Morgan fingerprint density at radius 3 is 3.00 bits per heavy atom. The SMILES string of the molecule is CCNC(=NCc1csc(CC)n1)N1CCSC(CC)C1. The third-order valence-electron chi connectivity index (χ3n) is 3.52. The predicted octanol–water partition coefficient (Wildman–Crippen LogP) is 3.00. The van der Waals surface area contributed by atoms with E-state index < -0.39 is 0 Å². The van der Waals surface area contributed by atoms with Gasteiger partial charge in [0.2, 0.25) is 0 Å².